The van der Waals surface area contributed by atoms with Gasteiger partial charge >= 0.3 is 11.9 Å². The number of methoxy groups -OCH3 is 1. The normalized spacial score (nSPS) is 14.2. The van der Waals surface area contributed by atoms with Crippen LogP contribution in [-0.4, -0.2) is 38.2 Å². The molecule has 0 bridgehead atoms. The maximum Gasteiger partial charge on any atom is 0.363 e. The molecular formula is C25H20ClNO6. The lowest BCUT2D eigenvalue weighted by Crippen LogP contribution is -2.15. The summed E-state index contributed by atoms with van der Waals surface area (Å²) < 4.78 is 21.0. The Balaban J connectivity index is 1.60. The molecule has 3 aromatic rings. The Labute approximate surface area is 195 Å². The highest BCUT2D eigenvalue weighted by Gasteiger charge is 2.25. The lowest BCUT2D eigenvalue weighted by Gasteiger charge is -2.12. The van der Waals surface area contributed by atoms with E-state index >= 15 is 0 Å². The van der Waals surface area contributed by atoms with Gasteiger partial charge in [0.05, 0.1) is 18.7 Å². The largest absolute Gasteiger partial charge is 0.493 e. The van der Waals surface area contributed by atoms with Crippen molar-refractivity contribution in [2.75, 3.05) is 20.3 Å². The van der Waals surface area contributed by atoms with Gasteiger partial charge in [0.25, 0.3) is 0 Å². The predicted molar refractivity (Wildman–Crippen MR) is 125 cm³/mol. The molecule has 0 saturated carbocycles. The molecule has 1 aliphatic heterocycles. The third-order valence-electron chi connectivity index (χ3n) is 4.81. The number of benzene rings is 3. The second-order valence-corrected chi connectivity index (χ2v) is 7.43. The van der Waals surface area contributed by atoms with Crippen LogP contribution in [0.25, 0.3) is 16.8 Å². The first kappa shape index (κ1) is 22.4. The maximum atomic E-state index is 12.4. The molecule has 0 aliphatic carbocycles. The van der Waals surface area contributed by atoms with E-state index in [0.717, 1.165) is 10.8 Å². The van der Waals surface area contributed by atoms with Crippen LogP contribution in [0, 0.1) is 0 Å². The Morgan fingerprint density at radius 3 is 2.67 bits per heavy atom. The molecule has 0 N–H and O–H groups in total. The van der Waals surface area contributed by atoms with E-state index in [9.17, 15) is 9.59 Å². The van der Waals surface area contributed by atoms with Crippen molar-refractivity contribution in [2.24, 2.45) is 4.99 Å². The molecule has 0 spiro atoms. The fourth-order valence-electron chi connectivity index (χ4n) is 3.31. The summed E-state index contributed by atoms with van der Waals surface area (Å²) >= 11 is 6.34. The van der Waals surface area contributed by atoms with Gasteiger partial charge < -0.3 is 18.9 Å². The summed E-state index contributed by atoms with van der Waals surface area (Å²) in [4.78, 5) is 28.4. The van der Waals surface area contributed by atoms with Crippen LogP contribution in [-0.2, 0) is 19.1 Å². The molecule has 7 nitrogen and oxygen atoms in total. The molecule has 8 heteroatoms. The van der Waals surface area contributed by atoms with Gasteiger partial charge in [-0.15, -0.1) is 0 Å². The van der Waals surface area contributed by atoms with Crippen LogP contribution >= 0.6 is 11.6 Å². The predicted octanol–water partition coefficient (Wildman–Crippen LogP) is 4.79. The number of halogens is 1. The molecule has 0 saturated heterocycles. The summed E-state index contributed by atoms with van der Waals surface area (Å²) in [6.07, 6.45) is 1.54. The molecular weight excluding hydrogens is 446 g/mol. The van der Waals surface area contributed by atoms with E-state index in [0.29, 0.717) is 16.9 Å². The summed E-state index contributed by atoms with van der Waals surface area (Å²) in [6, 6.07) is 16.8. The van der Waals surface area contributed by atoms with Crippen molar-refractivity contribution in [3.05, 3.63) is 76.4 Å². The summed E-state index contributed by atoms with van der Waals surface area (Å²) in [5.41, 5.74) is 1.37. The number of hydrogen-bond acceptors (Lipinski definition) is 7. The number of fused-ring (bicyclic) bond motifs is 1. The van der Waals surface area contributed by atoms with Crippen LogP contribution in [0.2, 0.25) is 5.02 Å². The molecule has 0 amide bonds. The quantitative estimate of drug-likeness (QED) is 0.368. The number of cyclic esters (lactones) is 1. The number of nitrogens with zero attached hydrogens (tertiary/aromatic N) is 1. The number of aliphatic imine (C=N–C) groups is 1. The molecule has 33 heavy (non-hydrogen) atoms. The SMILES string of the molecule is CCOC(=O)COc1c(Cl)cc(/C=C2\N=C(c3ccc4ccccc4c3)OC2=O)cc1OC. The summed E-state index contributed by atoms with van der Waals surface area (Å²) in [5.74, 6) is -0.376. The average molecular weight is 466 g/mol. The summed E-state index contributed by atoms with van der Waals surface area (Å²) in [5, 5.41) is 2.30. The topological polar surface area (TPSA) is 83.4 Å². The van der Waals surface area contributed by atoms with Gasteiger partial charge in [-0.2, -0.15) is 0 Å². The highest BCUT2D eigenvalue weighted by atomic mass is 35.5. The first-order valence-electron chi connectivity index (χ1n) is 10.2. The second-order valence-electron chi connectivity index (χ2n) is 7.03. The van der Waals surface area contributed by atoms with Gasteiger partial charge in [0.1, 0.15) is 0 Å². The minimum absolute atomic E-state index is 0.122. The van der Waals surface area contributed by atoms with Gasteiger partial charge in [-0.05, 0) is 53.6 Å². The fourth-order valence-corrected chi connectivity index (χ4v) is 3.58. The van der Waals surface area contributed by atoms with Crippen molar-refractivity contribution in [2.45, 2.75) is 6.92 Å². The van der Waals surface area contributed by atoms with E-state index in [4.69, 9.17) is 30.5 Å². The van der Waals surface area contributed by atoms with Crippen molar-refractivity contribution in [3.63, 3.8) is 0 Å². The minimum atomic E-state index is -0.573. The highest BCUT2D eigenvalue weighted by Crippen LogP contribution is 2.37. The van der Waals surface area contributed by atoms with Crippen LogP contribution < -0.4 is 9.47 Å². The van der Waals surface area contributed by atoms with Crippen LogP contribution in [0.5, 0.6) is 11.5 Å². The molecule has 0 atom stereocenters. The van der Waals surface area contributed by atoms with Crippen molar-refractivity contribution in [1.82, 2.24) is 0 Å². The number of esters is 2. The fraction of sp³-hybridized carbons (Fsp3) is 0.160. The highest BCUT2D eigenvalue weighted by molar-refractivity contribution is 6.32. The second kappa shape index (κ2) is 9.75. The monoisotopic (exact) mass is 465 g/mol. The third kappa shape index (κ3) is 4.99. The maximum absolute atomic E-state index is 12.4. The Morgan fingerprint density at radius 2 is 1.91 bits per heavy atom. The van der Waals surface area contributed by atoms with Gasteiger partial charge in [0.15, 0.2) is 23.8 Å². The molecule has 0 radical (unpaired) electrons. The first-order valence-corrected chi connectivity index (χ1v) is 10.5. The van der Waals surface area contributed by atoms with Gasteiger partial charge in [0.2, 0.25) is 5.90 Å². The zero-order valence-corrected chi connectivity index (χ0v) is 18.7. The minimum Gasteiger partial charge on any atom is -0.493 e. The summed E-state index contributed by atoms with van der Waals surface area (Å²) in [7, 11) is 1.44. The zero-order chi connectivity index (χ0) is 23.4. The molecule has 0 fully saturated rings. The molecule has 1 aliphatic rings. The van der Waals surface area contributed by atoms with E-state index in [1.165, 1.54) is 7.11 Å². The Bertz CT molecular complexity index is 1300. The van der Waals surface area contributed by atoms with Gasteiger partial charge in [-0.3, -0.25) is 0 Å². The number of carbonyl (C=O) groups is 2. The lowest BCUT2D eigenvalue weighted by molar-refractivity contribution is -0.145. The van der Waals surface area contributed by atoms with Gasteiger partial charge in [-0.25, -0.2) is 14.6 Å². The van der Waals surface area contributed by atoms with E-state index in [2.05, 4.69) is 4.99 Å². The van der Waals surface area contributed by atoms with E-state index in [1.54, 1.807) is 25.1 Å². The molecule has 0 unspecified atom stereocenters. The third-order valence-corrected chi connectivity index (χ3v) is 5.09. The standard InChI is InChI=1S/C25H20ClNO6/c1-3-31-22(28)14-32-23-19(26)10-15(12-21(23)30-2)11-20-25(29)33-24(27-20)18-9-8-16-6-4-5-7-17(16)13-18/h4-13H,3,14H2,1-2H3/b20-11-. The Morgan fingerprint density at radius 1 is 1.12 bits per heavy atom. The van der Waals surface area contributed by atoms with Crippen molar-refractivity contribution in [1.29, 1.82) is 0 Å². The molecule has 0 aromatic heterocycles. The van der Waals surface area contributed by atoms with E-state index in [-0.39, 0.29) is 35.6 Å². The van der Waals surface area contributed by atoms with Crippen LogP contribution in [0.15, 0.2) is 65.3 Å². The molecule has 168 valence electrons. The Hall–Kier alpha value is -3.84. The molecule has 1 heterocycles. The van der Waals surface area contributed by atoms with E-state index in [1.807, 2.05) is 42.5 Å². The van der Waals surface area contributed by atoms with Crippen molar-refractivity contribution >= 4 is 46.3 Å². The molecule has 4 rings (SSSR count). The van der Waals surface area contributed by atoms with Crippen molar-refractivity contribution in [3.8, 4) is 11.5 Å². The first-order chi connectivity index (χ1) is 16.0. The van der Waals surface area contributed by atoms with Gasteiger partial charge in [-0.1, -0.05) is 41.9 Å². The number of carbonyl (C=O) groups excluding carboxylic acids is 2. The summed E-state index contributed by atoms with van der Waals surface area (Å²) in [6.45, 7) is 1.64. The Kier molecular flexibility index (Phi) is 6.60. The van der Waals surface area contributed by atoms with Gasteiger partial charge in [0, 0.05) is 5.56 Å². The number of ether oxygens (including phenoxy) is 4. The van der Waals surface area contributed by atoms with E-state index < -0.39 is 11.9 Å². The smallest absolute Gasteiger partial charge is 0.363 e. The average Bonchev–Trinajstić information content (AvgIpc) is 3.18. The zero-order valence-electron chi connectivity index (χ0n) is 18.0. The van der Waals surface area contributed by atoms with Crippen LogP contribution in [0.4, 0.5) is 0 Å². The van der Waals surface area contributed by atoms with Crippen LogP contribution in [0.1, 0.15) is 18.1 Å². The van der Waals surface area contributed by atoms with Crippen molar-refractivity contribution < 1.29 is 28.5 Å². The van der Waals surface area contributed by atoms with Crippen LogP contribution in [0.3, 0.4) is 0 Å². The number of hydrogen-bond donors (Lipinski definition) is 0. The lowest BCUT2D eigenvalue weighted by atomic mass is 10.1. The number of rotatable bonds is 7. The molecule has 3 aromatic carbocycles.